The molecule has 0 spiro atoms. The van der Waals surface area contributed by atoms with Crippen molar-refractivity contribution in [3.05, 3.63) is 29.8 Å². The van der Waals surface area contributed by atoms with Crippen molar-refractivity contribution in [3.63, 3.8) is 0 Å². The molecule has 1 amide bonds. The summed E-state index contributed by atoms with van der Waals surface area (Å²) in [7, 11) is 0. The number of thioether (sulfide) groups is 1. The Hall–Kier alpha value is -0.710. The summed E-state index contributed by atoms with van der Waals surface area (Å²) in [4.78, 5) is 16.2. The largest absolute Gasteiger partial charge is 0.339 e. The van der Waals surface area contributed by atoms with Crippen LogP contribution in [-0.2, 0) is 11.2 Å². The van der Waals surface area contributed by atoms with Gasteiger partial charge in [0.1, 0.15) is 0 Å². The van der Waals surface area contributed by atoms with E-state index in [1.165, 1.54) is 16.9 Å². The third kappa shape index (κ3) is 3.55. The van der Waals surface area contributed by atoms with Crippen molar-refractivity contribution in [3.8, 4) is 0 Å². The maximum atomic E-state index is 12.8. The molecule has 3 rings (SSSR count). The number of hydrogen-bond donors (Lipinski definition) is 1. The van der Waals surface area contributed by atoms with Gasteiger partial charge in [-0.05, 0) is 50.3 Å². The van der Waals surface area contributed by atoms with Gasteiger partial charge < -0.3 is 10.6 Å². The molecule has 1 saturated heterocycles. The van der Waals surface area contributed by atoms with E-state index in [1.807, 2.05) is 0 Å². The molecule has 2 N–H and O–H groups in total. The minimum Gasteiger partial charge on any atom is -0.339 e. The fourth-order valence-corrected chi connectivity index (χ4v) is 4.55. The predicted molar refractivity (Wildman–Crippen MR) is 90.1 cm³/mol. The number of fused-ring (bicyclic) bond motifs is 1. The quantitative estimate of drug-likeness (QED) is 0.929. The van der Waals surface area contributed by atoms with Crippen molar-refractivity contribution in [2.45, 2.75) is 48.3 Å². The Morgan fingerprint density at radius 3 is 2.90 bits per heavy atom. The second kappa shape index (κ2) is 7.52. The lowest BCUT2D eigenvalue weighted by Gasteiger charge is -2.37. The van der Waals surface area contributed by atoms with Gasteiger partial charge in [0.15, 0.2) is 0 Å². The number of carbonyl (C=O) groups excluding carboxylic acids is 1. The highest BCUT2D eigenvalue weighted by molar-refractivity contribution is 8.01. The molecular weight excluding hydrogens is 304 g/mol. The zero-order valence-corrected chi connectivity index (χ0v) is 13.8. The first-order valence-electron chi connectivity index (χ1n) is 7.54. The molecule has 0 saturated carbocycles. The summed E-state index contributed by atoms with van der Waals surface area (Å²) in [6, 6.07) is 8.75. The summed E-state index contributed by atoms with van der Waals surface area (Å²) in [6.45, 7) is 1.59. The maximum absolute atomic E-state index is 12.8. The van der Waals surface area contributed by atoms with Crippen LogP contribution in [0.5, 0.6) is 0 Å². The Balaban J connectivity index is 0.00000161. The molecule has 2 heterocycles. The van der Waals surface area contributed by atoms with Crippen molar-refractivity contribution in [1.29, 1.82) is 0 Å². The molecule has 1 fully saturated rings. The van der Waals surface area contributed by atoms with Crippen LogP contribution in [0.2, 0.25) is 0 Å². The highest BCUT2D eigenvalue weighted by Gasteiger charge is 2.34. The van der Waals surface area contributed by atoms with Crippen molar-refractivity contribution < 1.29 is 4.79 Å². The van der Waals surface area contributed by atoms with Gasteiger partial charge in [-0.2, -0.15) is 0 Å². The average Bonchev–Trinajstić information content (AvgIpc) is 2.91. The summed E-state index contributed by atoms with van der Waals surface area (Å²) in [5, 5.41) is 0.0748. The number of halogens is 1. The van der Waals surface area contributed by atoms with E-state index >= 15 is 0 Å². The van der Waals surface area contributed by atoms with Gasteiger partial charge in [-0.3, -0.25) is 4.79 Å². The molecule has 5 heteroatoms. The van der Waals surface area contributed by atoms with Crippen LogP contribution in [-0.4, -0.2) is 35.2 Å². The summed E-state index contributed by atoms with van der Waals surface area (Å²) < 4.78 is 0. The van der Waals surface area contributed by atoms with Crippen LogP contribution in [0.3, 0.4) is 0 Å². The van der Waals surface area contributed by atoms with Crippen LogP contribution in [0.4, 0.5) is 0 Å². The first-order valence-corrected chi connectivity index (χ1v) is 8.42. The van der Waals surface area contributed by atoms with E-state index in [2.05, 4.69) is 29.2 Å². The fourth-order valence-electron chi connectivity index (χ4n) is 3.29. The molecule has 0 aliphatic carbocycles. The van der Waals surface area contributed by atoms with Crippen LogP contribution >= 0.6 is 24.2 Å². The summed E-state index contributed by atoms with van der Waals surface area (Å²) in [5.41, 5.74) is 7.02. The van der Waals surface area contributed by atoms with Crippen LogP contribution in [0, 0.1) is 0 Å². The number of benzene rings is 1. The van der Waals surface area contributed by atoms with Gasteiger partial charge in [0, 0.05) is 17.5 Å². The minimum absolute atomic E-state index is 0. The Kier molecular flexibility index (Phi) is 5.97. The van der Waals surface area contributed by atoms with Gasteiger partial charge in [0.25, 0.3) is 0 Å². The van der Waals surface area contributed by atoms with Crippen molar-refractivity contribution in [2.75, 3.05) is 13.1 Å². The minimum atomic E-state index is 0. The lowest BCUT2D eigenvalue weighted by molar-refractivity contribution is -0.134. The molecule has 0 bridgehead atoms. The molecule has 116 valence electrons. The molecule has 3 nitrogen and oxygen atoms in total. The molecule has 2 aliphatic rings. The van der Waals surface area contributed by atoms with E-state index < -0.39 is 0 Å². The Labute approximate surface area is 137 Å². The number of hydrogen-bond acceptors (Lipinski definition) is 3. The second-order valence-corrected chi connectivity index (χ2v) is 6.92. The van der Waals surface area contributed by atoms with E-state index in [0.717, 1.165) is 32.2 Å². The van der Waals surface area contributed by atoms with Gasteiger partial charge in [0.2, 0.25) is 5.91 Å². The standard InChI is InChI=1S/C16H22N2OS.ClH/c17-9-8-13-6-3-4-10-18(13)16(19)15-11-12-5-1-2-7-14(12)20-15;/h1-2,5,7,13,15H,3-4,6,8-11,17H2;1H. The lowest BCUT2D eigenvalue weighted by Crippen LogP contribution is -2.48. The third-order valence-corrected chi connectivity index (χ3v) is 5.64. The van der Waals surface area contributed by atoms with E-state index in [1.54, 1.807) is 11.8 Å². The molecule has 2 atom stereocenters. The smallest absolute Gasteiger partial charge is 0.236 e. The van der Waals surface area contributed by atoms with E-state index in [-0.39, 0.29) is 17.7 Å². The predicted octanol–water partition coefficient (Wildman–Crippen LogP) is 2.86. The molecule has 21 heavy (non-hydrogen) atoms. The van der Waals surface area contributed by atoms with Crippen LogP contribution in [0.15, 0.2) is 29.2 Å². The van der Waals surface area contributed by atoms with Crippen molar-refractivity contribution in [2.24, 2.45) is 5.73 Å². The molecule has 0 radical (unpaired) electrons. The number of likely N-dealkylation sites (tertiary alicyclic amines) is 1. The van der Waals surface area contributed by atoms with Gasteiger partial charge >= 0.3 is 0 Å². The summed E-state index contributed by atoms with van der Waals surface area (Å²) in [6.07, 6.45) is 5.30. The molecule has 0 aromatic heterocycles. The number of amides is 1. The van der Waals surface area contributed by atoms with E-state index in [9.17, 15) is 4.79 Å². The third-order valence-electron chi connectivity index (χ3n) is 4.33. The SMILES string of the molecule is Cl.NCCC1CCCCN1C(=O)C1Cc2ccccc2S1. The number of carbonyl (C=O) groups is 1. The topological polar surface area (TPSA) is 46.3 Å². The monoisotopic (exact) mass is 326 g/mol. The Bertz CT molecular complexity index is 470. The highest BCUT2D eigenvalue weighted by atomic mass is 35.5. The number of nitrogens with zero attached hydrogens (tertiary/aromatic N) is 1. The number of rotatable bonds is 3. The first kappa shape index (κ1) is 16.7. The second-order valence-electron chi connectivity index (χ2n) is 5.68. The zero-order chi connectivity index (χ0) is 13.9. The van der Waals surface area contributed by atoms with E-state index in [4.69, 9.17) is 5.73 Å². The maximum Gasteiger partial charge on any atom is 0.236 e. The summed E-state index contributed by atoms with van der Waals surface area (Å²) >= 11 is 1.74. The highest BCUT2D eigenvalue weighted by Crippen LogP contribution is 2.38. The van der Waals surface area contributed by atoms with Crippen LogP contribution < -0.4 is 5.73 Å². The van der Waals surface area contributed by atoms with Gasteiger partial charge in [-0.1, -0.05) is 18.2 Å². The number of piperidine rings is 1. The zero-order valence-electron chi connectivity index (χ0n) is 12.2. The molecule has 2 aliphatic heterocycles. The number of nitrogens with two attached hydrogens (primary N) is 1. The Morgan fingerprint density at radius 2 is 2.14 bits per heavy atom. The average molecular weight is 327 g/mol. The van der Waals surface area contributed by atoms with Gasteiger partial charge in [-0.15, -0.1) is 24.2 Å². The summed E-state index contributed by atoms with van der Waals surface area (Å²) in [5.74, 6) is 0.323. The van der Waals surface area contributed by atoms with Crippen molar-refractivity contribution >= 4 is 30.1 Å². The molecule has 1 aromatic rings. The van der Waals surface area contributed by atoms with E-state index in [0.29, 0.717) is 18.5 Å². The van der Waals surface area contributed by atoms with Crippen molar-refractivity contribution in [1.82, 2.24) is 4.90 Å². The molecule has 2 unspecified atom stereocenters. The molecule has 1 aromatic carbocycles. The van der Waals surface area contributed by atoms with Crippen LogP contribution in [0.1, 0.15) is 31.2 Å². The molecular formula is C16H23ClN2OS. The Morgan fingerprint density at radius 1 is 1.33 bits per heavy atom. The fraction of sp³-hybridized carbons (Fsp3) is 0.562. The lowest BCUT2D eigenvalue weighted by atomic mass is 9.98. The van der Waals surface area contributed by atoms with Gasteiger partial charge in [0.05, 0.1) is 5.25 Å². The van der Waals surface area contributed by atoms with Gasteiger partial charge in [-0.25, -0.2) is 0 Å². The normalized spacial score (nSPS) is 24.3. The van der Waals surface area contributed by atoms with Crippen LogP contribution in [0.25, 0.3) is 0 Å². The first-order chi connectivity index (χ1) is 9.79.